The fourth-order valence-corrected chi connectivity index (χ4v) is 2.91. The van der Waals surface area contributed by atoms with Gasteiger partial charge in [-0.2, -0.15) is 0 Å². The van der Waals surface area contributed by atoms with Gasteiger partial charge in [0.2, 0.25) is 0 Å². The minimum atomic E-state index is -0.558. The highest BCUT2D eigenvalue weighted by Crippen LogP contribution is 2.27. The van der Waals surface area contributed by atoms with Crippen LogP contribution in [0.25, 0.3) is 0 Å². The first-order valence-corrected chi connectivity index (χ1v) is 8.43. The smallest absolute Gasteiger partial charge is 0.263 e. The lowest BCUT2D eigenvalue weighted by molar-refractivity contribution is -0.138. The monoisotopic (exact) mass is 341 g/mol. The molecule has 0 N–H and O–H groups in total. The summed E-state index contributed by atoms with van der Waals surface area (Å²) in [4.78, 5) is 21.1. The molecule has 1 aromatic heterocycles. The lowest BCUT2D eigenvalue weighted by atomic mass is 10.2. The Labute approximate surface area is 148 Å². The number of hydrogen-bond donors (Lipinski definition) is 0. The van der Waals surface area contributed by atoms with Crippen LogP contribution >= 0.6 is 0 Å². The van der Waals surface area contributed by atoms with Gasteiger partial charge < -0.3 is 19.3 Å². The standard InChI is InChI=1S/C19H23N3O3/c1-15(25-17-8-4-3-7-16(17)24-2)19(23)22-13-11-21(12-14-22)18-9-5-6-10-20-18/h3-10,15H,11-14H2,1-2H3. The van der Waals surface area contributed by atoms with Crippen molar-refractivity contribution in [1.82, 2.24) is 9.88 Å². The van der Waals surface area contributed by atoms with Crippen LogP contribution in [0.4, 0.5) is 5.82 Å². The molecule has 0 saturated carbocycles. The molecule has 1 amide bonds. The maximum atomic E-state index is 12.7. The van der Waals surface area contributed by atoms with Crippen molar-refractivity contribution >= 4 is 11.7 Å². The number of carbonyl (C=O) groups excluding carboxylic acids is 1. The van der Waals surface area contributed by atoms with Gasteiger partial charge in [0, 0.05) is 32.4 Å². The number of methoxy groups -OCH3 is 1. The Morgan fingerprint density at radius 3 is 2.36 bits per heavy atom. The van der Waals surface area contributed by atoms with Crippen LogP contribution in [-0.4, -0.2) is 55.2 Å². The maximum absolute atomic E-state index is 12.7. The molecule has 1 unspecified atom stereocenters. The highest BCUT2D eigenvalue weighted by atomic mass is 16.5. The van der Waals surface area contributed by atoms with E-state index in [1.807, 2.05) is 47.4 Å². The van der Waals surface area contributed by atoms with Crippen molar-refractivity contribution in [2.45, 2.75) is 13.0 Å². The zero-order valence-electron chi connectivity index (χ0n) is 14.6. The van der Waals surface area contributed by atoms with Gasteiger partial charge in [0.1, 0.15) is 5.82 Å². The van der Waals surface area contributed by atoms with E-state index in [0.29, 0.717) is 24.6 Å². The number of nitrogens with zero attached hydrogens (tertiary/aromatic N) is 3. The number of aromatic nitrogens is 1. The van der Waals surface area contributed by atoms with Gasteiger partial charge in [0.25, 0.3) is 5.91 Å². The third-order valence-electron chi connectivity index (χ3n) is 4.29. The molecule has 1 aromatic carbocycles. The summed E-state index contributed by atoms with van der Waals surface area (Å²) < 4.78 is 11.1. The van der Waals surface area contributed by atoms with Gasteiger partial charge in [-0.25, -0.2) is 4.98 Å². The Morgan fingerprint density at radius 2 is 1.72 bits per heavy atom. The minimum absolute atomic E-state index is 0.00780. The maximum Gasteiger partial charge on any atom is 0.263 e. The number of ether oxygens (including phenoxy) is 2. The van der Waals surface area contributed by atoms with Crippen molar-refractivity contribution in [1.29, 1.82) is 0 Å². The van der Waals surface area contributed by atoms with Gasteiger partial charge in [-0.05, 0) is 31.2 Å². The van der Waals surface area contributed by atoms with Crippen LogP contribution in [0.5, 0.6) is 11.5 Å². The number of para-hydroxylation sites is 2. The number of carbonyl (C=O) groups is 1. The highest BCUT2D eigenvalue weighted by Gasteiger charge is 2.27. The lowest BCUT2D eigenvalue weighted by Crippen LogP contribution is -2.52. The molecule has 1 aliphatic rings. The molecular weight excluding hydrogens is 318 g/mol. The van der Waals surface area contributed by atoms with Crippen molar-refractivity contribution in [2.75, 3.05) is 38.2 Å². The first kappa shape index (κ1) is 17.1. The van der Waals surface area contributed by atoms with Crippen molar-refractivity contribution < 1.29 is 14.3 Å². The van der Waals surface area contributed by atoms with E-state index in [0.717, 1.165) is 18.9 Å². The molecule has 2 aromatic rings. The van der Waals surface area contributed by atoms with Crippen molar-refractivity contribution in [3.8, 4) is 11.5 Å². The van der Waals surface area contributed by atoms with Gasteiger partial charge in [-0.3, -0.25) is 4.79 Å². The van der Waals surface area contributed by atoms with Crippen molar-refractivity contribution in [3.63, 3.8) is 0 Å². The van der Waals surface area contributed by atoms with E-state index in [2.05, 4.69) is 9.88 Å². The van der Waals surface area contributed by atoms with Crippen LogP contribution in [0.2, 0.25) is 0 Å². The van der Waals surface area contributed by atoms with Crippen LogP contribution in [0.1, 0.15) is 6.92 Å². The molecule has 6 nitrogen and oxygen atoms in total. The molecule has 1 fully saturated rings. The zero-order valence-corrected chi connectivity index (χ0v) is 14.6. The fourth-order valence-electron chi connectivity index (χ4n) is 2.91. The molecule has 2 heterocycles. The third-order valence-corrected chi connectivity index (χ3v) is 4.29. The van der Waals surface area contributed by atoms with Crippen LogP contribution in [0.15, 0.2) is 48.7 Å². The summed E-state index contributed by atoms with van der Waals surface area (Å²) in [5.74, 6) is 2.15. The fraction of sp³-hybridized carbons (Fsp3) is 0.368. The van der Waals surface area contributed by atoms with E-state index < -0.39 is 6.10 Å². The van der Waals surface area contributed by atoms with Crippen LogP contribution in [0, 0.1) is 0 Å². The minimum Gasteiger partial charge on any atom is -0.493 e. The molecule has 3 rings (SSSR count). The van der Waals surface area contributed by atoms with E-state index in [1.165, 1.54) is 0 Å². The summed E-state index contributed by atoms with van der Waals surface area (Å²) in [5.41, 5.74) is 0. The van der Waals surface area contributed by atoms with E-state index >= 15 is 0 Å². The van der Waals surface area contributed by atoms with Gasteiger partial charge in [-0.1, -0.05) is 18.2 Å². The molecule has 6 heteroatoms. The Kier molecular flexibility index (Phi) is 5.38. The summed E-state index contributed by atoms with van der Waals surface area (Å²) in [6.07, 6.45) is 1.23. The summed E-state index contributed by atoms with van der Waals surface area (Å²) in [7, 11) is 1.59. The second kappa shape index (κ2) is 7.88. The van der Waals surface area contributed by atoms with Gasteiger partial charge in [0.05, 0.1) is 7.11 Å². The molecule has 0 radical (unpaired) electrons. The largest absolute Gasteiger partial charge is 0.493 e. The first-order chi connectivity index (χ1) is 12.2. The topological polar surface area (TPSA) is 54.9 Å². The molecule has 0 spiro atoms. The van der Waals surface area contributed by atoms with Gasteiger partial charge in [-0.15, -0.1) is 0 Å². The molecule has 1 atom stereocenters. The number of benzene rings is 1. The first-order valence-electron chi connectivity index (χ1n) is 8.43. The molecule has 25 heavy (non-hydrogen) atoms. The Hall–Kier alpha value is -2.76. The molecule has 1 aliphatic heterocycles. The average molecular weight is 341 g/mol. The number of rotatable bonds is 5. The van der Waals surface area contributed by atoms with Gasteiger partial charge in [0.15, 0.2) is 17.6 Å². The van der Waals surface area contributed by atoms with E-state index in [-0.39, 0.29) is 5.91 Å². The predicted octanol–water partition coefficient (Wildman–Crippen LogP) is 2.21. The Morgan fingerprint density at radius 1 is 1.04 bits per heavy atom. The molecule has 0 aliphatic carbocycles. The van der Waals surface area contributed by atoms with Crippen molar-refractivity contribution in [2.24, 2.45) is 0 Å². The highest BCUT2D eigenvalue weighted by molar-refractivity contribution is 5.81. The van der Waals surface area contributed by atoms with E-state index in [9.17, 15) is 4.79 Å². The zero-order chi connectivity index (χ0) is 17.6. The number of anilines is 1. The average Bonchev–Trinajstić information content (AvgIpc) is 2.68. The molecular formula is C19H23N3O3. The van der Waals surface area contributed by atoms with Crippen molar-refractivity contribution in [3.05, 3.63) is 48.7 Å². The molecule has 132 valence electrons. The quantitative estimate of drug-likeness (QED) is 0.835. The summed E-state index contributed by atoms with van der Waals surface area (Å²) in [5, 5.41) is 0. The number of amides is 1. The second-order valence-corrected chi connectivity index (χ2v) is 5.91. The third kappa shape index (κ3) is 4.02. The lowest BCUT2D eigenvalue weighted by Gasteiger charge is -2.36. The summed E-state index contributed by atoms with van der Waals surface area (Å²) in [6, 6.07) is 13.2. The van der Waals surface area contributed by atoms with Crippen LogP contribution in [-0.2, 0) is 4.79 Å². The Bertz CT molecular complexity index is 700. The summed E-state index contributed by atoms with van der Waals surface area (Å²) in [6.45, 7) is 4.64. The predicted molar refractivity (Wildman–Crippen MR) is 96.1 cm³/mol. The molecule has 1 saturated heterocycles. The Balaban J connectivity index is 1.57. The number of piperazine rings is 1. The van der Waals surface area contributed by atoms with Crippen LogP contribution in [0.3, 0.4) is 0 Å². The number of pyridine rings is 1. The van der Waals surface area contributed by atoms with E-state index in [4.69, 9.17) is 9.47 Å². The number of hydrogen-bond acceptors (Lipinski definition) is 5. The summed E-state index contributed by atoms with van der Waals surface area (Å²) >= 11 is 0. The SMILES string of the molecule is COc1ccccc1OC(C)C(=O)N1CCN(c2ccccn2)CC1. The van der Waals surface area contributed by atoms with Crippen LogP contribution < -0.4 is 14.4 Å². The molecule has 0 bridgehead atoms. The normalized spacial score (nSPS) is 15.6. The second-order valence-electron chi connectivity index (χ2n) is 5.91. The van der Waals surface area contributed by atoms with E-state index in [1.54, 1.807) is 20.2 Å². The van der Waals surface area contributed by atoms with Gasteiger partial charge >= 0.3 is 0 Å².